The Balaban J connectivity index is 1.35. The van der Waals surface area contributed by atoms with Gasteiger partial charge in [-0.15, -0.1) is 0 Å². The maximum Gasteiger partial charge on any atom is 0.259 e. The molecule has 6 nitrogen and oxygen atoms in total. The number of anilines is 1. The van der Waals surface area contributed by atoms with E-state index in [-0.39, 0.29) is 23.5 Å². The average Bonchev–Trinajstić information content (AvgIpc) is 3.20. The summed E-state index contributed by atoms with van der Waals surface area (Å²) < 4.78 is 14.8. The highest BCUT2D eigenvalue weighted by molar-refractivity contribution is 6.04. The first-order valence-corrected chi connectivity index (χ1v) is 11.3. The standard InChI is InChI=1S/C26H29FN4O2/c1-18(20-6-4-3-5-7-20)26(33)31-14-12-19(13-15-31)16-24-23(17-30(2)29-24)25(32)28-22-10-8-21(27)9-11-22/h3-11,17-19H,12-16H2,1-2H3,(H,28,32). The van der Waals surface area contributed by atoms with E-state index in [0.717, 1.165) is 24.1 Å². The molecular formula is C26H29FN4O2. The van der Waals surface area contributed by atoms with Crippen molar-refractivity contribution in [2.24, 2.45) is 13.0 Å². The molecule has 1 aliphatic rings. The molecule has 2 aromatic carbocycles. The lowest BCUT2D eigenvalue weighted by molar-refractivity contribution is -0.133. The number of piperidine rings is 1. The van der Waals surface area contributed by atoms with Crippen LogP contribution in [0.3, 0.4) is 0 Å². The largest absolute Gasteiger partial charge is 0.342 e. The van der Waals surface area contributed by atoms with E-state index in [1.165, 1.54) is 24.3 Å². The molecule has 2 heterocycles. The number of carbonyl (C=O) groups is 2. The van der Waals surface area contributed by atoms with E-state index in [2.05, 4.69) is 10.4 Å². The van der Waals surface area contributed by atoms with Crippen molar-refractivity contribution in [2.45, 2.75) is 32.1 Å². The van der Waals surface area contributed by atoms with E-state index in [0.29, 0.717) is 36.7 Å². The van der Waals surface area contributed by atoms with Gasteiger partial charge >= 0.3 is 0 Å². The van der Waals surface area contributed by atoms with Gasteiger partial charge in [-0.25, -0.2) is 4.39 Å². The number of aryl methyl sites for hydroxylation is 1. The number of carbonyl (C=O) groups excluding carboxylic acids is 2. The van der Waals surface area contributed by atoms with Gasteiger partial charge in [-0.1, -0.05) is 30.3 Å². The molecule has 1 aliphatic heterocycles. The highest BCUT2D eigenvalue weighted by Crippen LogP contribution is 2.26. The molecule has 0 spiro atoms. The molecule has 0 bridgehead atoms. The lowest BCUT2D eigenvalue weighted by Gasteiger charge is -2.33. The molecule has 7 heteroatoms. The predicted octanol–water partition coefficient (Wildman–Crippen LogP) is 4.40. The first kappa shape index (κ1) is 22.7. The van der Waals surface area contributed by atoms with Crippen molar-refractivity contribution in [3.8, 4) is 0 Å². The second-order valence-electron chi connectivity index (χ2n) is 8.73. The Labute approximate surface area is 193 Å². The molecule has 3 aromatic rings. The van der Waals surface area contributed by atoms with Crippen molar-refractivity contribution in [2.75, 3.05) is 18.4 Å². The SMILES string of the molecule is CC(C(=O)N1CCC(Cc2nn(C)cc2C(=O)Nc2ccc(F)cc2)CC1)c1ccccc1. The van der Waals surface area contributed by atoms with Gasteiger partial charge in [-0.3, -0.25) is 14.3 Å². The van der Waals surface area contributed by atoms with E-state index in [9.17, 15) is 14.0 Å². The quantitative estimate of drug-likeness (QED) is 0.608. The lowest BCUT2D eigenvalue weighted by Crippen LogP contribution is -2.41. The maximum atomic E-state index is 13.1. The van der Waals surface area contributed by atoms with Crippen LogP contribution in [0.2, 0.25) is 0 Å². The van der Waals surface area contributed by atoms with E-state index in [1.54, 1.807) is 17.9 Å². The van der Waals surface area contributed by atoms with Crippen LogP contribution >= 0.6 is 0 Å². The zero-order chi connectivity index (χ0) is 23.4. The molecule has 4 rings (SSSR count). The second kappa shape index (κ2) is 9.98. The van der Waals surface area contributed by atoms with Crippen LogP contribution in [0.15, 0.2) is 60.8 Å². The fraction of sp³-hybridized carbons (Fsp3) is 0.346. The Bertz CT molecular complexity index is 1100. The van der Waals surface area contributed by atoms with Gasteiger partial charge in [0.2, 0.25) is 5.91 Å². The molecular weight excluding hydrogens is 419 g/mol. The zero-order valence-electron chi connectivity index (χ0n) is 19.0. The molecule has 1 atom stereocenters. The molecule has 1 saturated heterocycles. The van der Waals surface area contributed by atoms with Crippen LogP contribution in [-0.4, -0.2) is 39.6 Å². The molecule has 2 amide bonds. The highest BCUT2D eigenvalue weighted by atomic mass is 19.1. The van der Waals surface area contributed by atoms with Crippen LogP contribution in [-0.2, 0) is 18.3 Å². The number of likely N-dealkylation sites (tertiary alicyclic amines) is 1. The Morgan fingerprint density at radius 1 is 1.09 bits per heavy atom. The van der Waals surface area contributed by atoms with Gasteiger partial charge in [-0.2, -0.15) is 5.10 Å². The van der Waals surface area contributed by atoms with E-state index < -0.39 is 0 Å². The fourth-order valence-electron chi connectivity index (χ4n) is 4.40. The van der Waals surface area contributed by atoms with Crippen LogP contribution in [0.1, 0.15) is 47.3 Å². The third-order valence-electron chi connectivity index (χ3n) is 6.33. The topological polar surface area (TPSA) is 67.2 Å². The number of rotatable bonds is 6. The number of aromatic nitrogens is 2. The Hall–Kier alpha value is -3.48. The Morgan fingerprint density at radius 2 is 1.76 bits per heavy atom. The number of hydrogen-bond acceptors (Lipinski definition) is 3. The molecule has 1 aromatic heterocycles. The number of nitrogens with zero attached hydrogens (tertiary/aromatic N) is 3. The smallest absolute Gasteiger partial charge is 0.259 e. The molecule has 0 saturated carbocycles. The molecule has 1 unspecified atom stereocenters. The molecule has 1 N–H and O–H groups in total. The van der Waals surface area contributed by atoms with E-state index >= 15 is 0 Å². The minimum Gasteiger partial charge on any atom is -0.342 e. The van der Waals surface area contributed by atoms with Crippen LogP contribution in [0.5, 0.6) is 0 Å². The summed E-state index contributed by atoms with van der Waals surface area (Å²) >= 11 is 0. The zero-order valence-corrected chi connectivity index (χ0v) is 19.0. The van der Waals surface area contributed by atoms with Gasteiger partial charge in [0, 0.05) is 32.0 Å². The summed E-state index contributed by atoms with van der Waals surface area (Å²) in [5.41, 5.74) is 2.85. The van der Waals surface area contributed by atoms with Gasteiger partial charge in [0.1, 0.15) is 5.82 Å². The number of hydrogen-bond donors (Lipinski definition) is 1. The highest BCUT2D eigenvalue weighted by Gasteiger charge is 2.28. The summed E-state index contributed by atoms with van der Waals surface area (Å²) in [6.45, 7) is 3.39. The molecule has 33 heavy (non-hydrogen) atoms. The van der Waals surface area contributed by atoms with Gasteiger partial charge in [-0.05, 0) is 61.9 Å². The van der Waals surface area contributed by atoms with Crippen molar-refractivity contribution in [3.63, 3.8) is 0 Å². The fourth-order valence-corrected chi connectivity index (χ4v) is 4.40. The minimum absolute atomic E-state index is 0.152. The van der Waals surface area contributed by atoms with Crippen LogP contribution in [0, 0.1) is 11.7 Å². The summed E-state index contributed by atoms with van der Waals surface area (Å²) in [5.74, 6) is -0.238. The maximum absolute atomic E-state index is 13.1. The Kier molecular flexibility index (Phi) is 6.87. The number of nitrogens with one attached hydrogen (secondary N) is 1. The third kappa shape index (κ3) is 5.48. The van der Waals surface area contributed by atoms with Crippen LogP contribution in [0.25, 0.3) is 0 Å². The predicted molar refractivity (Wildman–Crippen MR) is 125 cm³/mol. The van der Waals surface area contributed by atoms with Gasteiger partial charge < -0.3 is 10.2 Å². The van der Waals surface area contributed by atoms with Crippen molar-refractivity contribution in [1.82, 2.24) is 14.7 Å². The molecule has 1 fully saturated rings. The van der Waals surface area contributed by atoms with Gasteiger partial charge in [0.05, 0.1) is 17.2 Å². The summed E-state index contributed by atoms with van der Waals surface area (Å²) in [4.78, 5) is 27.7. The first-order valence-electron chi connectivity index (χ1n) is 11.3. The summed E-state index contributed by atoms with van der Waals surface area (Å²) in [6, 6.07) is 15.6. The lowest BCUT2D eigenvalue weighted by atomic mass is 9.90. The number of halogens is 1. The minimum atomic E-state index is -0.349. The van der Waals surface area contributed by atoms with E-state index in [4.69, 9.17) is 0 Å². The summed E-state index contributed by atoms with van der Waals surface area (Å²) in [7, 11) is 1.80. The summed E-state index contributed by atoms with van der Waals surface area (Å²) in [6.07, 6.45) is 4.16. The first-order chi connectivity index (χ1) is 15.9. The third-order valence-corrected chi connectivity index (χ3v) is 6.33. The van der Waals surface area contributed by atoms with Crippen molar-refractivity contribution in [1.29, 1.82) is 0 Å². The van der Waals surface area contributed by atoms with Crippen molar-refractivity contribution in [3.05, 3.63) is 83.4 Å². The van der Waals surface area contributed by atoms with Crippen molar-refractivity contribution >= 4 is 17.5 Å². The number of benzene rings is 2. The van der Waals surface area contributed by atoms with Crippen molar-refractivity contribution < 1.29 is 14.0 Å². The normalized spacial score (nSPS) is 15.3. The number of amides is 2. The summed E-state index contributed by atoms with van der Waals surface area (Å²) in [5, 5.41) is 7.33. The molecule has 0 radical (unpaired) electrons. The van der Waals surface area contributed by atoms with Gasteiger partial charge in [0.15, 0.2) is 0 Å². The monoisotopic (exact) mass is 448 g/mol. The van der Waals surface area contributed by atoms with E-state index in [1.807, 2.05) is 42.2 Å². The molecule has 172 valence electrons. The van der Waals surface area contributed by atoms with Crippen LogP contribution < -0.4 is 5.32 Å². The average molecular weight is 449 g/mol. The van der Waals surface area contributed by atoms with Crippen LogP contribution in [0.4, 0.5) is 10.1 Å². The molecule has 0 aliphatic carbocycles. The Morgan fingerprint density at radius 3 is 2.42 bits per heavy atom. The second-order valence-corrected chi connectivity index (χ2v) is 8.73. The van der Waals surface area contributed by atoms with Gasteiger partial charge in [0.25, 0.3) is 5.91 Å².